The monoisotopic (exact) mass is 332 g/mol. The van der Waals surface area contributed by atoms with E-state index in [4.69, 9.17) is 0 Å². The van der Waals surface area contributed by atoms with Gasteiger partial charge in [0.05, 0.1) is 17.1 Å². The second-order valence-corrected chi connectivity index (χ2v) is 7.40. The number of hydrogen-bond donors (Lipinski definition) is 1. The standard InChI is InChI=1S/C16H20N4O2S/c1-13-11-14(19-16(18-13)20-9-5-6-10-20)12-17-23(21,22)15-7-3-2-4-8-15/h2-4,7-8,11,17H,5-6,9-10,12H2,1H3. The molecular formula is C16H20N4O2S. The van der Waals surface area contributed by atoms with Crippen molar-refractivity contribution >= 4 is 16.0 Å². The highest BCUT2D eigenvalue weighted by atomic mass is 32.2. The van der Waals surface area contributed by atoms with E-state index in [9.17, 15) is 8.42 Å². The molecule has 1 aromatic heterocycles. The number of nitrogens with one attached hydrogen (secondary N) is 1. The first-order valence-electron chi connectivity index (χ1n) is 7.69. The minimum absolute atomic E-state index is 0.154. The molecule has 6 nitrogen and oxygen atoms in total. The van der Waals surface area contributed by atoms with Crippen LogP contribution < -0.4 is 9.62 Å². The van der Waals surface area contributed by atoms with Crippen LogP contribution >= 0.6 is 0 Å². The maximum Gasteiger partial charge on any atom is 0.240 e. The fourth-order valence-electron chi connectivity index (χ4n) is 2.62. The smallest absolute Gasteiger partial charge is 0.240 e. The topological polar surface area (TPSA) is 75.2 Å². The Morgan fingerprint density at radius 1 is 1.13 bits per heavy atom. The van der Waals surface area contributed by atoms with Gasteiger partial charge in [-0.1, -0.05) is 18.2 Å². The van der Waals surface area contributed by atoms with Crippen LogP contribution in [0.5, 0.6) is 0 Å². The zero-order valence-electron chi connectivity index (χ0n) is 13.1. The number of anilines is 1. The largest absolute Gasteiger partial charge is 0.341 e. The quantitative estimate of drug-likeness (QED) is 0.904. The number of rotatable bonds is 5. The Bertz CT molecular complexity index is 772. The van der Waals surface area contributed by atoms with Gasteiger partial charge in [0, 0.05) is 18.8 Å². The Morgan fingerprint density at radius 2 is 1.83 bits per heavy atom. The van der Waals surface area contributed by atoms with Crippen LogP contribution in [0.25, 0.3) is 0 Å². The highest BCUT2D eigenvalue weighted by Crippen LogP contribution is 2.17. The molecule has 1 aromatic carbocycles. The summed E-state index contributed by atoms with van der Waals surface area (Å²) in [6.45, 7) is 3.97. The summed E-state index contributed by atoms with van der Waals surface area (Å²) in [5, 5.41) is 0. The van der Waals surface area contributed by atoms with Crippen molar-refractivity contribution in [2.75, 3.05) is 18.0 Å². The molecule has 0 atom stereocenters. The normalized spacial score (nSPS) is 15.1. The van der Waals surface area contributed by atoms with Gasteiger partial charge in [-0.05, 0) is 38.0 Å². The number of sulfonamides is 1. The van der Waals surface area contributed by atoms with Crippen LogP contribution in [0.3, 0.4) is 0 Å². The predicted octanol–water partition coefficient (Wildman–Crippen LogP) is 1.86. The van der Waals surface area contributed by atoms with Crippen LogP contribution in [-0.2, 0) is 16.6 Å². The van der Waals surface area contributed by atoms with Gasteiger partial charge in [0.25, 0.3) is 0 Å². The third-order valence-corrected chi connectivity index (χ3v) is 5.20. The molecular weight excluding hydrogens is 312 g/mol. The van der Waals surface area contributed by atoms with Crippen LogP contribution in [0.2, 0.25) is 0 Å². The summed E-state index contributed by atoms with van der Waals surface area (Å²) in [5.74, 6) is 0.691. The van der Waals surface area contributed by atoms with Gasteiger partial charge >= 0.3 is 0 Å². The molecule has 0 spiro atoms. The van der Waals surface area contributed by atoms with Crippen molar-refractivity contribution in [3.8, 4) is 0 Å². The highest BCUT2D eigenvalue weighted by Gasteiger charge is 2.17. The summed E-state index contributed by atoms with van der Waals surface area (Å²) in [7, 11) is -3.53. The summed E-state index contributed by atoms with van der Waals surface area (Å²) in [5.41, 5.74) is 1.52. The zero-order valence-corrected chi connectivity index (χ0v) is 13.9. The minimum atomic E-state index is -3.53. The van der Waals surface area contributed by atoms with Crippen molar-refractivity contribution < 1.29 is 8.42 Å². The summed E-state index contributed by atoms with van der Waals surface area (Å²) in [6, 6.07) is 10.2. The molecule has 1 N–H and O–H groups in total. The maximum absolute atomic E-state index is 12.3. The first-order valence-corrected chi connectivity index (χ1v) is 9.17. The van der Waals surface area contributed by atoms with Gasteiger partial charge in [-0.25, -0.2) is 23.1 Å². The van der Waals surface area contributed by atoms with Crippen molar-refractivity contribution in [2.45, 2.75) is 31.2 Å². The lowest BCUT2D eigenvalue weighted by molar-refractivity contribution is 0.580. The Morgan fingerprint density at radius 3 is 2.52 bits per heavy atom. The van der Waals surface area contributed by atoms with Crippen LogP contribution in [0, 0.1) is 6.92 Å². The Balaban J connectivity index is 1.75. The Kier molecular flexibility index (Phi) is 4.58. The third kappa shape index (κ3) is 3.86. The van der Waals surface area contributed by atoms with Crippen molar-refractivity contribution in [1.82, 2.24) is 14.7 Å². The lowest BCUT2D eigenvalue weighted by Crippen LogP contribution is -2.25. The maximum atomic E-state index is 12.3. The summed E-state index contributed by atoms with van der Waals surface area (Å²) < 4.78 is 27.1. The van der Waals surface area contributed by atoms with Crippen molar-refractivity contribution in [1.29, 1.82) is 0 Å². The fraction of sp³-hybridized carbons (Fsp3) is 0.375. The van der Waals surface area contributed by atoms with Gasteiger partial charge < -0.3 is 4.90 Å². The molecule has 0 aliphatic carbocycles. The summed E-state index contributed by atoms with van der Waals surface area (Å²) >= 11 is 0. The first-order chi connectivity index (χ1) is 11.0. The first kappa shape index (κ1) is 15.9. The molecule has 0 bridgehead atoms. The Labute approximate surface area is 136 Å². The van der Waals surface area contributed by atoms with E-state index >= 15 is 0 Å². The molecule has 1 aliphatic heterocycles. The van der Waals surface area contributed by atoms with E-state index in [1.54, 1.807) is 30.3 Å². The van der Waals surface area contributed by atoms with Gasteiger partial charge in [0.15, 0.2) is 0 Å². The molecule has 122 valence electrons. The molecule has 2 heterocycles. The number of nitrogens with zero attached hydrogens (tertiary/aromatic N) is 3. The van der Waals surface area contributed by atoms with E-state index in [-0.39, 0.29) is 11.4 Å². The van der Waals surface area contributed by atoms with Gasteiger partial charge in [0.2, 0.25) is 16.0 Å². The minimum Gasteiger partial charge on any atom is -0.341 e. The molecule has 0 saturated carbocycles. The second-order valence-electron chi connectivity index (χ2n) is 5.63. The van der Waals surface area contributed by atoms with Crippen molar-refractivity contribution in [3.05, 3.63) is 47.8 Å². The van der Waals surface area contributed by atoms with E-state index in [1.165, 1.54) is 0 Å². The predicted molar refractivity (Wildman–Crippen MR) is 88.7 cm³/mol. The lowest BCUT2D eigenvalue weighted by Gasteiger charge is -2.16. The van der Waals surface area contributed by atoms with E-state index < -0.39 is 10.0 Å². The molecule has 1 saturated heterocycles. The fourth-order valence-corrected chi connectivity index (χ4v) is 3.64. The molecule has 7 heteroatoms. The summed E-state index contributed by atoms with van der Waals surface area (Å²) in [4.78, 5) is 11.4. The van der Waals surface area contributed by atoms with Crippen molar-refractivity contribution in [2.24, 2.45) is 0 Å². The average Bonchev–Trinajstić information content (AvgIpc) is 3.08. The molecule has 3 rings (SSSR count). The van der Waals surface area contributed by atoms with Gasteiger partial charge in [-0.2, -0.15) is 0 Å². The lowest BCUT2D eigenvalue weighted by atomic mass is 10.3. The van der Waals surface area contributed by atoms with Crippen LogP contribution in [-0.4, -0.2) is 31.5 Å². The number of aromatic nitrogens is 2. The van der Waals surface area contributed by atoms with Gasteiger partial charge in [0.1, 0.15) is 0 Å². The second kappa shape index (κ2) is 6.64. The number of hydrogen-bond acceptors (Lipinski definition) is 5. The molecule has 2 aromatic rings. The summed E-state index contributed by atoms with van der Waals surface area (Å²) in [6.07, 6.45) is 2.29. The van der Waals surface area contributed by atoms with Crippen molar-refractivity contribution in [3.63, 3.8) is 0 Å². The van der Waals surface area contributed by atoms with Crippen LogP contribution in [0.1, 0.15) is 24.2 Å². The molecule has 0 unspecified atom stereocenters. The van der Waals surface area contributed by atoms with E-state index in [0.29, 0.717) is 11.6 Å². The van der Waals surface area contributed by atoms with Gasteiger partial charge in [-0.3, -0.25) is 0 Å². The Hall–Kier alpha value is -1.99. The molecule has 1 fully saturated rings. The molecule has 1 aliphatic rings. The third-order valence-electron chi connectivity index (χ3n) is 3.78. The van der Waals surface area contributed by atoms with E-state index in [2.05, 4.69) is 19.6 Å². The SMILES string of the molecule is Cc1cc(CNS(=O)(=O)c2ccccc2)nc(N2CCCC2)n1. The molecule has 0 radical (unpaired) electrons. The van der Waals surface area contributed by atoms with E-state index in [0.717, 1.165) is 31.6 Å². The molecule has 0 amide bonds. The van der Waals surface area contributed by atoms with E-state index in [1.807, 2.05) is 13.0 Å². The zero-order chi connectivity index (χ0) is 16.3. The average molecular weight is 332 g/mol. The van der Waals surface area contributed by atoms with Gasteiger partial charge in [-0.15, -0.1) is 0 Å². The number of aryl methyl sites for hydroxylation is 1. The highest BCUT2D eigenvalue weighted by molar-refractivity contribution is 7.89. The van der Waals surface area contributed by atoms with Crippen LogP contribution in [0.15, 0.2) is 41.3 Å². The van der Waals surface area contributed by atoms with Crippen LogP contribution in [0.4, 0.5) is 5.95 Å². The molecule has 23 heavy (non-hydrogen) atoms. The number of benzene rings is 1.